The van der Waals surface area contributed by atoms with E-state index in [1.54, 1.807) is 13.2 Å². The zero-order valence-electron chi connectivity index (χ0n) is 17.5. The number of anilines is 1. The van der Waals surface area contributed by atoms with E-state index in [-0.39, 0.29) is 5.91 Å². The summed E-state index contributed by atoms with van der Waals surface area (Å²) in [5, 5.41) is 0.669. The zero-order chi connectivity index (χ0) is 21.6. The summed E-state index contributed by atoms with van der Waals surface area (Å²) in [5.74, 6) is 1.52. The van der Waals surface area contributed by atoms with Crippen molar-refractivity contribution >= 4 is 23.2 Å². The third-order valence-electron chi connectivity index (χ3n) is 5.43. The summed E-state index contributed by atoms with van der Waals surface area (Å²) in [6.07, 6.45) is 0. The molecule has 0 atom stereocenters. The Morgan fingerprint density at radius 3 is 2.45 bits per heavy atom. The van der Waals surface area contributed by atoms with Crippen molar-refractivity contribution < 1.29 is 14.3 Å². The number of rotatable bonds is 6. The number of hydrogen-bond acceptors (Lipinski definition) is 4. The van der Waals surface area contributed by atoms with Crippen LogP contribution in [0.5, 0.6) is 11.5 Å². The lowest BCUT2D eigenvalue weighted by Crippen LogP contribution is -2.48. The third kappa shape index (κ3) is 4.94. The molecule has 0 aliphatic carbocycles. The van der Waals surface area contributed by atoms with Crippen LogP contribution in [0, 0.1) is 0 Å². The quantitative estimate of drug-likeness (QED) is 0.551. The Kier molecular flexibility index (Phi) is 6.63. The van der Waals surface area contributed by atoms with E-state index < -0.39 is 0 Å². The highest BCUT2D eigenvalue weighted by Gasteiger charge is 2.24. The summed E-state index contributed by atoms with van der Waals surface area (Å²) in [7, 11) is 1.68. The highest BCUT2D eigenvalue weighted by atomic mass is 35.5. The number of carbonyl (C=O) groups excluding carboxylic acids is 1. The fourth-order valence-corrected chi connectivity index (χ4v) is 3.91. The van der Waals surface area contributed by atoms with Crippen molar-refractivity contribution in [3.05, 3.63) is 88.9 Å². The normalized spacial score (nSPS) is 13.7. The maximum absolute atomic E-state index is 13.1. The highest BCUT2D eigenvalue weighted by molar-refractivity contribution is 6.31. The maximum Gasteiger partial charge on any atom is 0.254 e. The van der Waals surface area contributed by atoms with Crippen molar-refractivity contribution in [1.29, 1.82) is 0 Å². The van der Waals surface area contributed by atoms with Crippen LogP contribution in [0.2, 0.25) is 5.02 Å². The van der Waals surface area contributed by atoms with Gasteiger partial charge in [0.15, 0.2) is 0 Å². The SMILES string of the molecule is COc1ccccc1N1CCN(C(=O)c2cccc(OCc3ccccc3Cl)c2)CC1. The summed E-state index contributed by atoms with van der Waals surface area (Å²) < 4.78 is 11.3. The second-order valence-corrected chi connectivity index (χ2v) is 7.77. The minimum absolute atomic E-state index is 0.0165. The van der Waals surface area contributed by atoms with Gasteiger partial charge in [-0.2, -0.15) is 0 Å². The van der Waals surface area contributed by atoms with E-state index in [1.165, 1.54) is 0 Å². The molecule has 0 bridgehead atoms. The molecule has 1 saturated heterocycles. The lowest BCUT2D eigenvalue weighted by molar-refractivity contribution is 0.0746. The van der Waals surface area contributed by atoms with Crippen LogP contribution in [-0.2, 0) is 6.61 Å². The molecule has 160 valence electrons. The smallest absolute Gasteiger partial charge is 0.254 e. The minimum Gasteiger partial charge on any atom is -0.495 e. The summed E-state index contributed by atoms with van der Waals surface area (Å²) in [6, 6.07) is 22.9. The molecular formula is C25H25ClN2O3. The van der Waals surface area contributed by atoms with Gasteiger partial charge >= 0.3 is 0 Å². The van der Waals surface area contributed by atoms with E-state index in [2.05, 4.69) is 11.0 Å². The molecule has 0 N–H and O–H groups in total. The molecule has 5 nitrogen and oxygen atoms in total. The number of hydrogen-bond donors (Lipinski definition) is 0. The monoisotopic (exact) mass is 436 g/mol. The van der Waals surface area contributed by atoms with Gasteiger partial charge < -0.3 is 19.3 Å². The van der Waals surface area contributed by atoms with E-state index in [0.29, 0.717) is 36.0 Å². The van der Waals surface area contributed by atoms with E-state index >= 15 is 0 Å². The molecule has 1 amide bonds. The fourth-order valence-electron chi connectivity index (χ4n) is 3.72. The van der Waals surface area contributed by atoms with Crippen LogP contribution in [0.3, 0.4) is 0 Å². The first kappa shape index (κ1) is 21.1. The molecule has 3 aromatic carbocycles. The Hall–Kier alpha value is -3.18. The molecule has 6 heteroatoms. The number of benzene rings is 3. The molecule has 1 aliphatic heterocycles. The molecule has 31 heavy (non-hydrogen) atoms. The minimum atomic E-state index is 0.0165. The van der Waals surface area contributed by atoms with Crippen molar-refractivity contribution in [3.63, 3.8) is 0 Å². The van der Waals surface area contributed by atoms with Gasteiger partial charge in [-0.05, 0) is 36.4 Å². The Balaban J connectivity index is 1.38. The average Bonchev–Trinajstić information content (AvgIpc) is 2.83. The number of halogens is 1. The summed E-state index contributed by atoms with van der Waals surface area (Å²) in [6.45, 7) is 3.18. The van der Waals surface area contributed by atoms with Crippen LogP contribution >= 0.6 is 11.6 Å². The van der Waals surface area contributed by atoms with Crippen molar-refractivity contribution in [3.8, 4) is 11.5 Å². The standard InChI is InChI=1S/C25H25ClN2O3/c1-30-24-12-5-4-11-23(24)27-13-15-28(16-14-27)25(29)19-8-6-9-21(17-19)31-18-20-7-2-3-10-22(20)26/h2-12,17H,13-16,18H2,1H3. The number of nitrogens with zero attached hydrogens (tertiary/aromatic N) is 2. The number of amides is 1. The van der Waals surface area contributed by atoms with Crippen LogP contribution in [0.1, 0.15) is 15.9 Å². The first-order valence-corrected chi connectivity index (χ1v) is 10.7. The van der Waals surface area contributed by atoms with E-state index in [4.69, 9.17) is 21.1 Å². The molecule has 3 aromatic rings. The van der Waals surface area contributed by atoms with Crippen LogP contribution < -0.4 is 14.4 Å². The Bertz CT molecular complexity index is 1050. The summed E-state index contributed by atoms with van der Waals surface area (Å²) in [5.41, 5.74) is 2.60. The topological polar surface area (TPSA) is 42.0 Å². The molecule has 1 heterocycles. The number of methoxy groups -OCH3 is 1. The lowest BCUT2D eigenvalue weighted by atomic mass is 10.1. The second-order valence-electron chi connectivity index (χ2n) is 7.36. The molecule has 0 radical (unpaired) electrons. The van der Waals surface area contributed by atoms with Gasteiger partial charge in [0, 0.05) is 42.3 Å². The predicted molar refractivity (Wildman–Crippen MR) is 123 cm³/mol. The van der Waals surface area contributed by atoms with Gasteiger partial charge in [0.05, 0.1) is 12.8 Å². The van der Waals surface area contributed by atoms with Gasteiger partial charge in [-0.25, -0.2) is 0 Å². The van der Waals surface area contributed by atoms with E-state index in [1.807, 2.05) is 65.6 Å². The molecule has 0 saturated carbocycles. The van der Waals surface area contributed by atoms with Crippen molar-refractivity contribution in [2.24, 2.45) is 0 Å². The van der Waals surface area contributed by atoms with Gasteiger partial charge in [0.25, 0.3) is 5.91 Å². The lowest BCUT2D eigenvalue weighted by Gasteiger charge is -2.36. The zero-order valence-corrected chi connectivity index (χ0v) is 18.2. The van der Waals surface area contributed by atoms with Crippen molar-refractivity contribution in [2.75, 3.05) is 38.2 Å². The third-order valence-corrected chi connectivity index (χ3v) is 5.79. The fraction of sp³-hybridized carbons (Fsp3) is 0.240. The van der Waals surface area contributed by atoms with Gasteiger partial charge in [0.1, 0.15) is 18.1 Å². The maximum atomic E-state index is 13.1. The van der Waals surface area contributed by atoms with Crippen LogP contribution in [0.25, 0.3) is 0 Å². The second kappa shape index (κ2) is 9.75. The molecule has 4 rings (SSSR count). The molecule has 0 spiro atoms. The number of piperazine rings is 1. The van der Waals surface area contributed by atoms with Gasteiger partial charge in [-0.3, -0.25) is 4.79 Å². The van der Waals surface area contributed by atoms with Crippen molar-refractivity contribution in [1.82, 2.24) is 4.90 Å². The first-order chi connectivity index (χ1) is 15.2. The van der Waals surface area contributed by atoms with Crippen LogP contribution in [0.15, 0.2) is 72.8 Å². The first-order valence-electron chi connectivity index (χ1n) is 10.3. The summed E-state index contributed by atoms with van der Waals surface area (Å²) in [4.78, 5) is 17.2. The van der Waals surface area contributed by atoms with Gasteiger partial charge in [-0.15, -0.1) is 0 Å². The molecule has 1 aliphatic rings. The van der Waals surface area contributed by atoms with Gasteiger partial charge in [-0.1, -0.05) is 48.0 Å². The highest BCUT2D eigenvalue weighted by Crippen LogP contribution is 2.28. The van der Waals surface area contributed by atoms with Crippen LogP contribution in [-0.4, -0.2) is 44.1 Å². The molecule has 0 unspecified atom stereocenters. The Morgan fingerprint density at radius 1 is 0.935 bits per heavy atom. The van der Waals surface area contributed by atoms with Crippen LogP contribution in [0.4, 0.5) is 5.69 Å². The summed E-state index contributed by atoms with van der Waals surface area (Å²) >= 11 is 6.20. The van der Waals surface area contributed by atoms with E-state index in [9.17, 15) is 4.79 Å². The number of para-hydroxylation sites is 2. The van der Waals surface area contributed by atoms with Gasteiger partial charge in [0.2, 0.25) is 0 Å². The van der Waals surface area contributed by atoms with E-state index in [0.717, 1.165) is 30.1 Å². The Morgan fingerprint density at radius 2 is 1.68 bits per heavy atom. The number of ether oxygens (including phenoxy) is 2. The molecular weight excluding hydrogens is 412 g/mol. The number of carbonyl (C=O) groups is 1. The largest absolute Gasteiger partial charge is 0.495 e. The Labute approximate surface area is 187 Å². The van der Waals surface area contributed by atoms with Crippen molar-refractivity contribution in [2.45, 2.75) is 6.61 Å². The molecule has 0 aromatic heterocycles. The molecule has 1 fully saturated rings. The predicted octanol–water partition coefficient (Wildman–Crippen LogP) is 4.89. The average molecular weight is 437 g/mol.